The van der Waals surface area contributed by atoms with Crippen LogP contribution in [0.5, 0.6) is 0 Å². The lowest BCUT2D eigenvalue weighted by molar-refractivity contribution is 0.0702. The van der Waals surface area contributed by atoms with Gasteiger partial charge in [0.1, 0.15) is 4.88 Å². The van der Waals surface area contributed by atoms with Gasteiger partial charge in [0.05, 0.1) is 4.90 Å². The van der Waals surface area contributed by atoms with Crippen LogP contribution in [0.25, 0.3) is 0 Å². The lowest BCUT2D eigenvalue weighted by Crippen LogP contribution is -2.26. The number of rotatable bonds is 5. The number of nitrogens with one attached hydrogen (secondary N) is 1. The Kier molecular flexibility index (Phi) is 4.82. The molecule has 0 amide bonds. The SMILES string of the molecule is C[C@@H](NS(=O)(=O)c1csc(C(=O)O)c1)c1ccccc1Br. The van der Waals surface area contributed by atoms with Crippen LogP contribution in [0.1, 0.15) is 28.2 Å². The fraction of sp³-hybridized carbons (Fsp3) is 0.154. The Labute approximate surface area is 134 Å². The fourth-order valence-electron chi connectivity index (χ4n) is 1.76. The predicted octanol–water partition coefficient (Wildman–Crippen LogP) is 3.25. The maximum atomic E-state index is 12.3. The molecule has 2 N–H and O–H groups in total. The highest BCUT2D eigenvalue weighted by Gasteiger charge is 2.22. The molecule has 0 aliphatic rings. The van der Waals surface area contributed by atoms with E-state index in [0.29, 0.717) is 0 Å². The molecule has 1 heterocycles. The summed E-state index contributed by atoms with van der Waals surface area (Å²) in [6.45, 7) is 1.72. The van der Waals surface area contributed by atoms with Crippen LogP contribution in [-0.4, -0.2) is 19.5 Å². The molecule has 0 unspecified atom stereocenters. The summed E-state index contributed by atoms with van der Waals surface area (Å²) in [5.41, 5.74) is 0.801. The molecule has 8 heteroatoms. The molecule has 1 aromatic carbocycles. The van der Waals surface area contributed by atoms with Gasteiger partial charge in [0.15, 0.2) is 0 Å². The van der Waals surface area contributed by atoms with Gasteiger partial charge in [0.25, 0.3) is 0 Å². The summed E-state index contributed by atoms with van der Waals surface area (Å²) >= 11 is 4.26. The van der Waals surface area contributed by atoms with Gasteiger partial charge in [-0.1, -0.05) is 34.1 Å². The second kappa shape index (κ2) is 6.27. The van der Waals surface area contributed by atoms with Gasteiger partial charge in [0.2, 0.25) is 10.0 Å². The van der Waals surface area contributed by atoms with Crippen LogP contribution in [0.4, 0.5) is 0 Å². The first-order valence-electron chi connectivity index (χ1n) is 5.90. The number of hydrogen-bond acceptors (Lipinski definition) is 4. The molecule has 112 valence electrons. The summed E-state index contributed by atoms with van der Waals surface area (Å²) in [4.78, 5) is 10.8. The molecule has 2 aromatic rings. The number of carboxylic acid groups (broad SMARTS) is 1. The highest BCUT2D eigenvalue weighted by Crippen LogP contribution is 2.25. The summed E-state index contributed by atoms with van der Waals surface area (Å²) in [5.74, 6) is -1.14. The Morgan fingerprint density at radius 3 is 2.62 bits per heavy atom. The minimum Gasteiger partial charge on any atom is -0.477 e. The number of aromatic carboxylic acids is 1. The summed E-state index contributed by atoms with van der Waals surface area (Å²) < 4.78 is 27.8. The van der Waals surface area contributed by atoms with Crippen molar-refractivity contribution < 1.29 is 18.3 Å². The first-order chi connectivity index (χ1) is 9.81. The topological polar surface area (TPSA) is 83.5 Å². The highest BCUT2D eigenvalue weighted by atomic mass is 79.9. The van der Waals surface area contributed by atoms with Gasteiger partial charge < -0.3 is 5.11 Å². The Morgan fingerprint density at radius 1 is 1.38 bits per heavy atom. The fourth-order valence-corrected chi connectivity index (χ4v) is 4.72. The lowest BCUT2D eigenvalue weighted by atomic mass is 10.1. The van der Waals surface area contributed by atoms with E-state index in [0.717, 1.165) is 27.4 Å². The molecule has 0 fully saturated rings. The molecular formula is C13H12BrNO4S2. The molecular weight excluding hydrogens is 378 g/mol. The van der Waals surface area contributed by atoms with Crippen molar-refractivity contribution in [2.24, 2.45) is 0 Å². The summed E-state index contributed by atoms with van der Waals surface area (Å²) in [6, 6.07) is 8.01. The normalized spacial score (nSPS) is 13.0. The van der Waals surface area contributed by atoms with Crippen LogP contribution in [-0.2, 0) is 10.0 Å². The Morgan fingerprint density at radius 2 is 2.05 bits per heavy atom. The third-order valence-electron chi connectivity index (χ3n) is 2.80. The van der Waals surface area contributed by atoms with Crippen molar-refractivity contribution in [3.05, 3.63) is 50.6 Å². The van der Waals surface area contributed by atoms with Gasteiger partial charge in [-0.2, -0.15) is 0 Å². The minimum absolute atomic E-state index is 0.0103. The Bertz CT molecular complexity index is 770. The number of carbonyl (C=O) groups is 1. The first kappa shape index (κ1) is 16.2. The number of carboxylic acids is 1. The van der Waals surface area contributed by atoms with E-state index in [9.17, 15) is 13.2 Å². The van der Waals surface area contributed by atoms with E-state index < -0.39 is 22.0 Å². The molecule has 1 atom stereocenters. The Balaban J connectivity index is 2.24. The maximum absolute atomic E-state index is 12.3. The second-order valence-corrected chi connectivity index (χ2v) is 7.80. The zero-order valence-corrected chi connectivity index (χ0v) is 14.1. The summed E-state index contributed by atoms with van der Waals surface area (Å²) in [6.07, 6.45) is 0. The van der Waals surface area contributed by atoms with Crippen LogP contribution in [0.3, 0.4) is 0 Å². The van der Waals surface area contributed by atoms with Crippen molar-refractivity contribution >= 4 is 43.3 Å². The van der Waals surface area contributed by atoms with Crippen LogP contribution < -0.4 is 4.72 Å². The highest BCUT2D eigenvalue weighted by molar-refractivity contribution is 9.10. The number of hydrogen-bond donors (Lipinski definition) is 2. The van der Waals surface area contributed by atoms with E-state index in [-0.39, 0.29) is 9.77 Å². The van der Waals surface area contributed by atoms with Gasteiger partial charge >= 0.3 is 5.97 Å². The van der Waals surface area contributed by atoms with Gasteiger partial charge in [-0.15, -0.1) is 11.3 Å². The minimum atomic E-state index is -3.76. The van der Waals surface area contributed by atoms with Gasteiger partial charge in [-0.05, 0) is 24.6 Å². The summed E-state index contributed by atoms with van der Waals surface area (Å²) in [5, 5.41) is 10.2. The van der Waals surface area contributed by atoms with Crippen LogP contribution in [0, 0.1) is 0 Å². The quantitative estimate of drug-likeness (QED) is 0.821. The van der Waals surface area contributed by atoms with E-state index in [1.807, 2.05) is 24.3 Å². The molecule has 0 aliphatic carbocycles. The average molecular weight is 390 g/mol. The number of benzene rings is 1. The van der Waals surface area contributed by atoms with Crippen molar-refractivity contribution in [2.45, 2.75) is 17.9 Å². The standard InChI is InChI=1S/C13H12BrNO4S2/c1-8(10-4-2-3-5-11(10)14)15-21(18,19)9-6-12(13(16)17)20-7-9/h2-8,15H,1H3,(H,16,17)/t8-/m1/s1. The van der Waals surface area contributed by atoms with E-state index in [1.54, 1.807) is 6.92 Å². The lowest BCUT2D eigenvalue weighted by Gasteiger charge is -2.15. The van der Waals surface area contributed by atoms with Gasteiger partial charge in [-0.3, -0.25) is 0 Å². The van der Waals surface area contributed by atoms with Crippen molar-refractivity contribution in [2.75, 3.05) is 0 Å². The van der Waals surface area contributed by atoms with Gasteiger partial charge in [-0.25, -0.2) is 17.9 Å². The number of halogens is 1. The largest absolute Gasteiger partial charge is 0.477 e. The monoisotopic (exact) mass is 389 g/mol. The van der Waals surface area contributed by atoms with Crippen molar-refractivity contribution in [3.63, 3.8) is 0 Å². The molecule has 0 spiro atoms. The number of sulfonamides is 1. The molecule has 0 radical (unpaired) electrons. The zero-order valence-electron chi connectivity index (χ0n) is 10.9. The van der Waals surface area contributed by atoms with Crippen LogP contribution in [0.2, 0.25) is 0 Å². The third kappa shape index (κ3) is 3.70. The maximum Gasteiger partial charge on any atom is 0.345 e. The van der Waals surface area contributed by atoms with Crippen molar-refractivity contribution in [3.8, 4) is 0 Å². The third-order valence-corrected chi connectivity index (χ3v) is 6.11. The molecule has 5 nitrogen and oxygen atoms in total. The molecule has 0 saturated carbocycles. The molecule has 1 aromatic heterocycles. The van der Waals surface area contributed by atoms with Crippen molar-refractivity contribution in [1.82, 2.24) is 4.72 Å². The van der Waals surface area contributed by atoms with Crippen LogP contribution >= 0.6 is 27.3 Å². The zero-order chi connectivity index (χ0) is 15.6. The van der Waals surface area contributed by atoms with Gasteiger partial charge in [0, 0.05) is 15.9 Å². The van der Waals surface area contributed by atoms with Crippen molar-refractivity contribution in [1.29, 1.82) is 0 Å². The Hall–Kier alpha value is -1.22. The van der Waals surface area contributed by atoms with E-state index in [4.69, 9.17) is 5.11 Å². The molecule has 2 rings (SSSR count). The van der Waals surface area contributed by atoms with E-state index in [2.05, 4.69) is 20.7 Å². The molecule has 0 aliphatic heterocycles. The molecule has 21 heavy (non-hydrogen) atoms. The van der Waals surface area contributed by atoms with E-state index in [1.165, 1.54) is 5.38 Å². The predicted molar refractivity (Wildman–Crippen MR) is 84.2 cm³/mol. The average Bonchev–Trinajstić information content (AvgIpc) is 2.89. The van der Waals surface area contributed by atoms with Crippen LogP contribution in [0.15, 0.2) is 45.1 Å². The molecule has 0 saturated heterocycles. The second-order valence-electron chi connectivity index (χ2n) is 4.32. The number of thiophene rings is 1. The van der Waals surface area contributed by atoms with E-state index >= 15 is 0 Å². The molecule has 0 bridgehead atoms. The summed E-state index contributed by atoms with van der Waals surface area (Å²) in [7, 11) is -3.76. The first-order valence-corrected chi connectivity index (χ1v) is 9.05. The smallest absolute Gasteiger partial charge is 0.345 e.